The maximum Gasteiger partial charge on any atom is 0.132 e. The first kappa shape index (κ1) is 14.7. The van der Waals surface area contributed by atoms with E-state index in [1.165, 1.54) is 0 Å². The third kappa shape index (κ3) is 4.14. The number of nitrogens with one attached hydrogen (secondary N) is 1. The molecule has 0 radical (unpaired) electrons. The maximum absolute atomic E-state index is 5.91. The summed E-state index contributed by atoms with van der Waals surface area (Å²) in [4.78, 5) is 4.13. The first-order chi connectivity index (χ1) is 9.54. The molecule has 106 valence electrons. The lowest BCUT2D eigenvalue weighted by Crippen LogP contribution is -2.06. The second-order valence-corrected chi connectivity index (χ2v) is 5.36. The smallest absolute Gasteiger partial charge is 0.132 e. The molecule has 1 aromatic carbocycles. The van der Waals surface area contributed by atoms with Crippen LogP contribution < -0.4 is 10.1 Å². The molecule has 1 heterocycles. The van der Waals surface area contributed by atoms with Gasteiger partial charge in [-0.3, -0.25) is 0 Å². The van der Waals surface area contributed by atoms with Crippen LogP contribution in [0.5, 0.6) is 5.75 Å². The van der Waals surface area contributed by atoms with Gasteiger partial charge in [-0.05, 0) is 50.1 Å². The van der Waals surface area contributed by atoms with Crippen LogP contribution in [-0.4, -0.2) is 11.1 Å². The second-order valence-electron chi connectivity index (χ2n) is 5.00. The van der Waals surface area contributed by atoms with Crippen molar-refractivity contribution in [3.05, 3.63) is 52.8 Å². The molecule has 0 aliphatic heterocycles. The minimum Gasteiger partial charge on any atom is -0.491 e. The van der Waals surface area contributed by atoms with Gasteiger partial charge in [-0.1, -0.05) is 23.7 Å². The van der Waals surface area contributed by atoms with Gasteiger partial charge in [0.05, 0.1) is 18.0 Å². The number of pyridine rings is 1. The first-order valence-electron chi connectivity index (χ1n) is 6.66. The predicted molar refractivity (Wildman–Crippen MR) is 83.5 cm³/mol. The summed E-state index contributed by atoms with van der Waals surface area (Å²) in [5, 5.41) is 3.88. The van der Waals surface area contributed by atoms with E-state index in [4.69, 9.17) is 16.3 Å². The highest BCUT2D eigenvalue weighted by molar-refractivity contribution is 6.30. The monoisotopic (exact) mass is 290 g/mol. The van der Waals surface area contributed by atoms with Crippen LogP contribution in [0.4, 0.5) is 5.69 Å². The fourth-order valence-electron chi connectivity index (χ4n) is 1.86. The second kappa shape index (κ2) is 6.62. The molecule has 1 N–H and O–H groups in total. The van der Waals surface area contributed by atoms with Crippen molar-refractivity contribution in [1.29, 1.82) is 0 Å². The van der Waals surface area contributed by atoms with E-state index < -0.39 is 0 Å². The van der Waals surface area contributed by atoms with E-state index >= 15 is 0 Å². The van der Waals surface area contributed by atoms with Crippen molar-refractivity contribution in [3.8, 4) is 5.75 Å². The van der Waals surface area contributed by atoms with Crippen molar-refractivity contribution < 1.29 is 4.74 Å². The van der Waals surface area contributed by atoms with Crippen LogP contribution in [0.25, 0.3) is 0 Å². The quantitative estimate of drug-likeness (QED) is 0.827. The van der Waals surface area contributed by atoms with Crippen molar-refractivity contribution in [2.24, 2.45) is 0 Å². The lowest BCUT2D eigenvalue weighted by Gasteiger charge is -2.12. The lowest BCUT2D eigenvalue weighted by atomic mass is 10.2. The van der Waals surface area contributed by atoms with Gasteiger partial charge in [0.1, 0.15) is 10.9 Å². The summed E-state index contributed by atoms with van der Waals surface area (Å²) in [6.45, 7) is 6.70. The van der Waals surface area contributed by atoms with Crippen LogP contribution in [0.1, 0.15) is 25.0 Å². The summed E-state index contributed by atoms with van der Waals surface area (Å²) in [7, 11) is 0. The zero-order chi connectivity index (χ0) is 14.5. The van der Waals surface area contributed by atoms with Gasteiger partial charge >= 0.3 is 0 Å². The molecule has 0 saturated carbocycles. The van der Waals surface area contributed by atoms with Crippen LogP contribution in [0.15, 0.2) is 36.5 Å². The van der Waals surface area contributed by atoms with Gasteiger partial charge in [0.2, 0.25) is 0 Å². The number of ether oxygens (including phenoxy) is 1. The summed E-state index contributed by atoms with van der Waals surface area (Å²) in [6.07, 6.45) is 1.92. The Balaban J connectivity index is 2.01. The number of hydrogen-bond acceptors (Lipinski definition) is 3. The zero-order valence-corrected chi connectivity index (χ0v) is 12.7. The molecular weight excluding hydrogens is 272 g/mol. The van der Waals surface area contributed by atoms with E-state index in [2.05, 4.69) is 16.4 Å². The molecule has 2 rings (SSSR count). The fourth-order valence-corrected chi connectivity index (χ4v) is 1.96. The van der Waals surface area contributed by atoms with Crippen LogP contribution in [0.3, 0.4) is 0 Å². The normalized spacial score (nSPS) is 10.7. The average molecular weight is 291 g/mol. The molecule has 3 nitrogen and oxygen atoms in total. The Morgan fingerprint density at radius 3 is 2.80 bits per heavy atom. The van der Waals surface area contributed by atoms with E-state index in [0.717, 1.165) is 29.1 Å². The van der Waals surface area contributed by atoms with Crippen LogP contribution in [0.2, 0.25) is 5.15 Å². The highest BCUT2D eigenvalue weighted by Crippen LogP contribution is 2.18. The van der Waals surface area contributed by atoms with Crippen molar-refractivity contribution in [3.63, 3.8) is 0 Å². The van der Waals surface area contributed by atoms with Gasteiger partial charge in [-0.25, -0.2) is 4.98 Å². The third-order valence-electron chi connectivity index (χ3n) is 2.78. The summed E-state index contributed by atoms with van der Waals surface area (Å²) in [5.41, 5.74) is 3.09. The number of benzene rings is 1. The van der Waals surface area contributed by atoms with Gasteiger partial charge in [0.15, 0.2) is 0 Å². The molecule has 0 fully saturated rings. The standard InChI is InChI=1S/C16H19ClN2O/c1-11(2)20-15-6-4-5-13(8-15)9-18-14-7-12(3)16(17)19-10-14/h4-8,10-11,18H,9H2,1-3H3. The van der Waals surface area contributed by atoms with Gasteiger partial charge in [-0.2, -0.15) is 0 Å². The Hall–Kier alpha value is -1.74. The Kier molecular flexibility index (Phi) is 4.85. The molecule has 0 unspecified atom stereocenters. The van der Waals surface area contributed by atoms with E-state index in [1.807, 2.05) is 45.0 Å². The summed E-state index contributed by atoms with van der Waals surface area (Å²) in [6, 6.07) is 10.1. The fraction of sp³-hybridized carbons (Fsp3) is 0.312. The number of hydrogen-bond donors (Lipinski definition) is 1. The lowest BCUT2D eigenvalue weighted by molar-refractivity contribution is 0.242. The molecule has 1 aromatic heterocycles. The van der Waals surface area contributed by atoms with E-state index in [9.17, 15) is 0 Å². The summed E-state index contributed by atoms with van der Waals surface area (Å²) in [5.74, 6) is 0.893. The minimum absolute atomic E-state index is 0.182. The molecule has 0 bridgehead atoms. The van der Waals surface area contributed by atoms with E-state index in [1.54, 1.807) is 6.20 Å². The van der Waals surface area contributed by atoms with Gasteiger partial charge in [0.25, 0.3) is 0 Å². The Labute approximate surface area is 124 Å². The highest BCUT2D eigenvalue weighted by Gasteiger charge is 2.01. The summed E-state index contributed by atoms with van der Waals surface area (Å²) >= 11 is 5.91. The molecule has 0 aliphatic carbocycles. The number of halogens is 1. The number of nitrogens with zero attached hydrogens (tertiary/aromatic N) is 1. The van der Waals surface area contributed by atoms with Crippen molar-refractivity contribution in [2.45, 2.75) is 33.4 Å². The number of anilines is 1. The first-order valence-corrected chi connectivity index (χ1v) is 7.04. The SMILES string of the molecule is Cc1cc(NCc2cccc(OC(C)C)c2)cnc1Cl. The highest BCUT2D eigenvalue weighted by atomic mass is 35.5. The Morgan fingerprint density at radius 1 is 1.30 bits per heavy atom. The Morgan fingerprint density at radius 2 is 2.10 bits per heavy atom. The van der Waals surface area contributed by atoms with Crippen LogP contribution >= 0.6 is 11.6 Å². The number of aryl methyl sites for hydroxylation is 1. The largest absolute Gasteiger partial charge is 0.491 e. The van der Waals surface area contributed by atoms with Gasteiger partial charge in [-0.15, -0.1) is 0 Å². The van der Waals surface area contributed by atoms with Crippen LogP contribution in [-0.2, 0) is 6.54 Å². The van der Waals surface area contributed by atoms with Crippen molar-refractivity contribution in [1.82, 2.24) is 4.98 Å². The molecule has 2 aromatic rings. The van der Waals surface area contributed by atoms with E-state index in [-0.39, 0.29) is 6.10 Å². The molecule has 0 amide bonds. The average Bonchev–Trinajstić information content (AvgIpc) is 2.40. The van der Waals surface area contributed by atoms with E-state index in [0.29, 0.717) is 5.15 Å². The molecule has 0 atom stereocenters. The molecular formula is C16H19ClN2O. The van der Waals surface area contributed by atoms with Crippen LogP contribution in [0, 0.1) is 6.92 Å². The molecule has 0 saturated heterocycles. The summed E-state index contributed by atoms with van der Waals surface area (Å²) < 4.78 is 5.68. The van der Waals surface area contributed by atoms with Gasteiger partial charge < -0.3 is 10.1 Å². The molecule has 20 heavy (non-hydrogen) atoms. The minimum atomic E-state index is 0.182. The number of rotatable bonds is 5. The topological polar surface area (TPSA) is 34.1 Å². The van der Waals surface area contributed by atoms with Crippen molar-refractivity contribution in [2.75, 3.05) is 5.32 Å². The predicted octanol–water partition coefficient (Wildman–Crippen LogP) is 4.44. The third-order valence-corrected chi connectivity index (χ3v) is 3.18. The van der Waals surface area contributed by atoms with Gasteiger partial charge in [0, 0.05) is 6.54 Å². The maximum atomic E-state index is 5.91. The zero-order valence-electron chi connectivity index (χ0n) is 12.0. The molecule has 0 aliphatic rings. The van der Waals surface area contributed by atoms with Crippen molar-refractivity contribution >= 4 is 17.3 Å². The Bertz CT molecular complexity index is 584. The molecule has 0 spiro atoms. The number of aromatic nitrogens is 1. The molecule has 4 heteroatoms.